The minimum absolute atomic E-state index is 0.00206. The molecule has 0 spiro atoms. The SMILES string of the molecule is O=C(O)CN(CC1CC1)C1CC(NC(=O)C2CC(F)(F)C2)C1. The zero-order chi connectivity index (χ0) is 15.9. The van der Waals surface area contributed by atoms with E-state index >= 15 is 0 Å². The van der Waals surface area contributed by atoms with Crippen molar-refractivity contribution in [1.29, 1.82) is 0 Å². The van der Waals surface area contributed by atoms with Crippen molar-refractivity contribution in [3.05, 3.63) is 0 Å². The van der Waals surface area contributed by atoms with Gasteiger partial charge in [0, 0.05) is 37.4 Å². The van der Waals surface area contributed by atoms with Crippen molar-refractivity contribution in [3.63, 3.8) is 0 Å². The summed E-state index contributed by atoms with van der Waals surface area (Å²) in [4.78, 5) is 24.7. The number of carbonyl (C=O) groups excluding carboxylic acids is 1. The van der Waals surface area contributed by atoms with Gasteiger partial charge in [-0.25, -0.2) is 8.78 Å². The first-order valence-corrected chi connectivity index (χ1v) is 7.96. The summed E-state index contributed by atoms with van der Waals surface area (Å²) in [5.41, 5.74) is 0. The van der Waals surface area contributed by atoms with Gasteiger partial charge < -0.3 is 10.4 Å². The standard InChI is InChI=1S/C15H22F2N2O3/c16-15(17)5-10(6-15)14(22)18-11-3-12(4-11)19(8-13(20)21)7-9-1-2-9/h9-12H,1-8H2,(H,18,22)(H,20,21). The predicted molar refractivity (Wildman–Crippen MR) is 74.6 cm³/mol. The van der Waals surface area contributed by atoms with E-state index in [1.165, 1.54) is 12.8 Å². The lowest BCUT2D eigenvalue weighted by atomic mass is 9.79. The summed E-state index contributed by atoms with van der Waals surface area (Å²) >= 11 is 0. The Labute approximate surface area is 128 Å². The van der Waals surface area contributed by atoms with E-state index in [-0.39, 0.29) is 37.4 Å². The average molecular weight is 316 g/mol. The average Bonchev–Trinajstić information content (AvgIpc) is 3.12. The number of aliphatic carboxylic acids is 1. The highest BCUT2D eigenvalue weighted by Crippen LogP contribution is 2.42. The van der Waals surface area contributed by atoms with Crippen LogP contribution in [0.25, 0.3) is 0 Å². The normalized spacial score (nSPS) is 30.5. The van der Waals surface area contributed by atoms with Gasteiger partial charge in [-0.1, -0.05) is 0 Å². The van der Waals surface area contributed by atoms with Gasteiger partial charge in [-0.15, -0.1) is 0 Å². The molecule has 0 atom stereocenters. The van der Waals surface area contributed by atoms with Crippen LogP contribution in [0.4, 0.5) is 8.78 Å². The summed E-state index contributed by atoms with van der Waals surface area (Å²) in [5, 5.41) is 11.8. The van der Waals surface area contributed by atoms with Gasteiger partial charge in [0.2, 0.25) is 11.8 Å². The summed E-state index contributed by atoms with van der Waals surface area (Å²) in [7, 11) is 0. The van der Waals surface area contributed by atoms with Crippen LogP contribution in [0.5, 0.6) is 0 Å². The van der Waals surface area contributed by atoms with Crippen molar-refractivity contribution in [3.8, 4) is 0 Å². The summed E-state index contributed by atoms with van der Waals surface area (Å²) < 4.78 is 25.5. The molecule has 5 nitrogen and oxygen atoms in total. The maximum absolute atomic E-state index is 12.8. The van der Waals surface area contributed by atoms with Gasteiger partial charge in [0.05, 0.1) is 6.54 Å². The topological polar surface area (TPSA) is 69.6 Å². The molecule has 2 N–H and O–H groups in total. The van der Waals surface area contributed by atoms with Crippen molar-refractivity contribution in [1.82, 2.24) is 10.2 Å². The second kappa shape index (κ2) is 5.76. The number of hydrogen-bond donors (Lipinski definition) is 2. The molecule has 22 heavy (non-hydrogen) atoms. The fourth-order valence-corrected chi connectivity index (χ4v) is 3.32. The van der Waals surface area contributed by atoms with Gasteiger partial charge in [0.1, 0.15) is 0 Å². The second-order valence-corrected chi connectivity index (χ2v) is 7.06. The van der Waals surface area contributed by atoms with Crippen LogP contribution in [0.2, 0.25) is 0 Å². The highest BCUT2D eigenvalue weighted by Gasteiger charge is 2.49. The van der Waals surface area contributed by atoms with E-state index in [0.717, 1.165) is 19.4 Å². The van der Waals surface area contributed by atoms with Crippen LogP contribution >= 0.6 is 0 Å². The summed E-state index contributed by atoms with van der Waals surface area (Å²) in [6, 6.07) is 0.187. The highest BCUT2D eigenvalue weighted by molar-refractivity contribution is 5.80. The number of hydrogen-bond acceptors (Lipinski definition) is 3. The molecule has 0 aromatic heterocycles. The zero-order valence-corrected chi connectivity index (χ0v) is 12.4. The van der Waals surface area contributed by atoms with Crippen molar-refractivity contribution >= 4 is 11.9 Å². The Hall–Kier alpha value is -1.24. The number of nitrogens with one attached hydrogen (secondary N) is 1. The third-order valence-electron chi connectivity index (χ3n) is 4.96. The maximum atomic E-state index is 12.8. The van der Waals surface area contributed by atoms with E-state index in [9.17, 15) is 18.4 Å². The minimum atomic E-state index is -2.67. The molecule has 0 bridgehead atoms. The number of halogens is 2. The lowest BCUT2D eigenvalue weighted by molar-refractivity contribution is -0.152. The van der Waals surface area contributed by atoms with Gasteiger partial charge in [-0.3, -0.25) is 14.5 Å². The molecule has 0 radical (unpaired) electrons. The van der Waals surface area contributed by atoms with Crippen molar-refractivity contribution in [2.75, 3.05) is 13.1 Å². The van der Waals surface area contributed by atoms with E-state index in [4.69, 9.17) is 5.11 Å². The molecule has 0 aliphatic heterocycles. The Kier molecular flexibility index (Phi) is 4.09. The number of nitrogens with zero attached hydrogens (tertiary/aromatic N) is 1. The first-order valence-electron chi connectivity index (χ1n) is 7.96. The first-order chi connectivity index (χ1) is 10.3. The third-order valence-corrected chi connectivity index (χ3v) is 4.96. The van der Waals surface area contributed by atoms with Crippen LogP contribution in [0.15, 0.2) is 0 Å². The van der Waals surface area contributed by atoms with Gasteiger partial charge in [-0.2, -0.15) is 0 Å². The molecule has 0 aromatic carbocycles. The molecule has 0 unspecified atom stereocenters. The van der Waals surface area contributed by atoms with Gasteiger partial charge in [0.25, 0.3) is 0 Å². The van der Waals surface area contributed by atoms with E-state index in [2.05, 4.69) is 5.32 Å². The summed E-state index contributed by atoms with van der Waals surface area (Å²) in [5.74, 6) is -3.72. The maximum Gasteiger partial charge on any atom is 0.317 e. The van der Waals surface area contributed by atoms with Crippen LogP contribution < -0.4 is 5.32 Å². The van der Waals surface area contributed by atoms with E-state index in [0.29, 0.717) is 5.92 Å². The lowest BCUT2D eigenvalue weighted by Crippen LogP contribution is -2.57. The molecule has 0 saturated heterocycles. The number of amides is 1. The number of carboxylic acid groups (broad SMARTS) is 1. The third kappa shape index (κ3) is 3.74. The molecule has 124 valence electrons. The van der Waals surface area contributed by atoms with Crippen LogP contribution in [0, 0.1) is 11.8 Å². The van der Waals surface area contributed by atoms with Crippen LogP contribution in [-0.2, 0) is 9.59 Å². The predicted octanol–water partition coefficient (Wildman–Crippen LogP) is 1.48. The molecule has 3 aliphatic carbocycles. The van der Waals surface area contributed by atoms with Gasteiger partial charge >= 0.3 is 5.97 Å². The van der Waals surface area contributed by atoms with Crippen molar-refractivity contribution in [2.24, 2.45) is 11.8 Å². The quantitative estimate of drug-likeness (QED) is 0.746. The molecule has 1 amide bonds. The van der Waals surface area contributed by atoms with Crippen LogP contribution in [0.1, 0.15) is 38.5 Å². The fourth-order valence-electron chi connectivity index (χ4n) is 3.32. The number of rotatable bonds is 7. The number of carbonyl (C=O) groups is 2. The van der Waals surface area contributed by atoms with E-state index in [1.54, 1.807) is 0 Å². The Morgan fingerprint density at radius 3 is 2.36 bits per heavy atom. The summed E-state index contributed by atoms with van der Waals surface area (Å²) in [6.07, 6.45) is 3.07. The fraction of sp³-hybridized carbons (Fsp3) is 0.867. The minimum Gasteiger partial charge on any atom is -0.480 e. The van der Waals surface area contributed by atoms with Gasteiger partial charge in [-0.05, 0) is 31.6 Å². The Balaban J connectivity index is 1.40. The molecule has 3 aliphatic rings. The number of alkyl halides is 2. The second-order valence-electron chi connectivity index (χ2n) is 7.06. The molecule has 3 fully saturated rings. The van der Waals surface area contributed by atoms with Gasteiger partial charge in [0.15, 0.2) is 0 Å². The van der Waals surface area contributed by atoms with Crippen LogP contribution in [-0.4, -0.2) is 53.0 Å². The van der Waals surface area contributed by atoms with Crippen LogP contribution in [0.3, 0.4) is 0 Å². The largest absolute Gasteiger partial charge is 0.480 e. The number of carboxylic acids is 1. The first kappa shape index (κ1) is 15.6. The molecular formula is C15H22F2N2O3. The van der Waals surface area contributed by atoms with Crippen molar-refractivity contribution < 1.29 is 23.5 Å². The van der Waals surface area contributed by atoms with E-state index < -0.39 is 17.8 Å². The molecule has 0 aromatic rings. The molecular weight excluding hydrogens is 294 g/mol. The molecule has 3 rings (SSSR count). The Morgan fingerprint density at radius 1 is 1.23 bits per heavy atom. The summed E-state index contributed by atoms with van der Waals surface area (Å²) in [6.45, 7) is 0.850. The monoisotopic (exact) mass is 316 g/mol. The zero-order valence-electron chi connectivity index (χ0n) is 12.4. The Morgan fingerprint density at radius 2 is 1.86 bits per heavy atom. The van der Waals surface area contributed by atoms with Crippen molar-refractivity contribution in [2.45, 2.75) is 56.5 Å². The van der Waals surface area contributed by atoms with E-state index in [1.807, 2.05) is 4.90 Å². The molecule has 7 heteroatoms. The molecule has 0 heterocycles. The smallest absolute Gasteiger partial charge is 0.317 e. The lowest BCUT2D eigenvalue weighted by Gasteiger charge is -2.44. The molecule has 3 saturated carbocycles. The highest BCUT2D eigenvalue weighted by atomic mass is 19.3. The Bertz CT molecular complexity index is 454.